The summed E-state index contributed by atoms with van der Waals surface area (Å²) < 4.78 is 1.27. The van der Waals surface area contributed by atoms with Gasteiger partial charge in [-0.15, -0.1) is 0 Å². The summed E-state index contributed by atoms with van der Waals surface area (Å²) in [6.45, 7) is 3.34. The topological polar surface area (TPSA) is 29.3 Å². The maximum absolute atomic E-state index is 5.82. The van der Waals surface area contributed by atoms with Crippen molar-refractivity contribution < 1.29 is 0 Å². The molecule has 0 saturated heterocycles. The summed E-state index contributed by atoms with van der Waals surface area (Å²) in [6, 6.07) is 6.99. The lowest BCUT2D eigenvalue weighted by Crippen LogP contribution is -2.37. The average molecular weight is 344 g/mol. The van der Waals surface area contributed by atoms with Gasteiger partial charge in [-0.1, -0.05) is 19.3 Å². The summed E-state index contributed by atoms with van der Waals surface area (Å²) >= 11 is 2.40. The number of halogens is 1. The van der Waals surface area contributed by atoms with Gasteiger partial charge in [-0.2, -0.15) is 0 Å². The highest BCUT2D eigenvalue weighted by Crippen LogP contribution is 2.31. The van der Waals surface area contributed by atoms with Crippen LogP contribution in [-0.4, -0.2) is 12.6 Å². The van der Waals surface area contributed by atoms with Gasteiger partial charge < -0.3 is 10.6 Å². The van der Waals surface area contributed by atoms with E-state index in [9.17, 15) is 0 Å². The summed E-state index contributed by atoms with van der Waals surface area (Å²) in [7, 11) is 0. The minimum atomic E-state index is 0.728. The Kier molecular flexibility index (Phi) is 4.54. The number of rotatable bonds is 3. The number of nitrogen functional groups attached to an aromatic ring is 1. The van der Waals surface area contributed by atoms with Gasteiger partial charge in [-0.05, 0) is 60.6 Å². The van der Waals surface area contributed by atoms with Crippen molar-refractivity contribution in [1.82, 2.24) is 0 Å². The molecule has 2 N–H and O–H groups in total. The second-order valence-electron chi connectivity index (χ2n) is 4.79. The van der Waals surface area contributed by atoms with Crippen molar-refractivity contribution in [3.63, 3.8) is 0 Å². The van der Waals surface area contributed by atoms with E-state index in [1.165, 1.54) is 41.4 Å². The van der Waals surface area contributed by atoms with Crippen LogP contribution in [-0.2, 0) is 0 Å². The molecule has 1 aliphatic carbocycles. The molecule has 0 heterocycles. The van der Waals surface area contributed by atoms with E-state index in [4.69, 9.17) is 5.73 Å². The summed E-state index contributed by atoms with van der Waals surface area (Å²) in [5, 5.41) is 0. The van der Waals surface area contributed by atoms with Crippen molar-refractivity contribution in [3.05, 3.63) is 21.8 Å². The fourth-order valence-corrected chi connectivity index (χ4v) is 3.62. The minimum Gasteiger partial charge on any atom is -0.399 e. The van der Waals surface area contributed by atoms with Crippen LogP contribution in [0.15, 0.2) is 18.2 Å². The van der Waals surface area contributed by atoms with Crippen molar-refractivity contribution >= 4 is 34.0 Å². The van der Waals surface area contributed by atoms with E-state index in [2.05, 4.69) is 46.5 Å². The van der Waals surface area contributed by atoms with Crippen molar-refractivity contribution in [2.75, 3.05) is 17.2 Å². The molecule has 2 nitrogen and oxygen atoms in total. The lowest BCUT2D eigenvalue weighted by Gasteiger charge is -2.36. The van der Waals surface area contributed by atoms with Crippen LogP contribution in [0.5, 0.6) is 0 Å². The van der Waals surface area contributed by atoms with Gasteiger partial charge in [0.05, 0.1) is 5.69 Å². The molecule has 1 saturated carbocycles. The van der Waals surface area contributed by atoms with Gasteiger partial charge in [-0.3, -0.25) is 0 Å². The number of nitrogens with zero attached hydrogens (tertiary/aromatic N) is 1. The first-order chi connectivity index (χ1) is 8.22. The Balaban J connectivity index is 2.21. The molecule has 0 bridgehead atoms. The van der Waals surface area contributed by atoms with Crippen molar-refractivity contribution in [2.45, 2.75) is 45.1 Å². The van der Waals surface area contributed by atoms with Crippen molar-refractivity contribution in [3.8, 4) is 0 Å². The Morgan fingerprint density at radius 3 is 2.59 bits per heavy atom. The first kappa shape index (κ1) is 13.0. The van der Waals surface area contributed by atoms with Gasteiger partial charge in [0.15, 0.2) is 0 Å². The first-order valence-corrected chi connectivity index (χ1v) is 7.62. The van der Waals surface area contributed by atoms with Crippen LogP contribution in [0.2, 0.25) is 0 Å². The molecular formula is C14H21IN2. The highest BCUT2D eigenvalue weighted by atomic mass is 127. The molecule has 2 rings (SSSR count). The lowest BCUT2D eigenvalue weighted by molar-refractivity contribution is 0.418. The second-order valence-corrected chi connectivity index (χ2v) is 5.95. The maximum Gasteiger partial charge on any atom is 0.0505 e. The predicted octanol–water partition coefficient (Wildman–Crippen LogP) is 4.03. The van der Waals surface area contributed by atoms with E-state index < -0.39 is 0 Å². The van der Waals surface area contributed by atoms with Crippen LogP contribution in [0.3, 0.4) is 0 Å². The van der Waals surface area contributed by atoms with Crippen LogP contribution in [0.25, 0.3) is 0 Å². The van der Waals surface area contributed by atoms with Gasteiger partial charge >= 0.3 is 0 Å². The number of anilines is 2. The Hall–Kier alpha value is -0.450. The van der Waals surface area contributed by atoms with Gasteiger partial charge in [-0.25, -0.2) is 0 Å². The Morgan fingerprint density at radius 1 is 1.29 bits per heavy atom. The van der Waals surface area contributed by atoms with Crippen molar-refractivity contribution in [2.24, 2.45) is 0 Å². The molecule has 1 fully saturated rings. The van der Waals surface area contributed by atoms with Crippen LogP contribution in [0, 0.1) is 3.57 Å². The van der Waals surface area contributed by atoms with Gasteiger partial charge in [0.1, 0.15) is 0 Å². The van der Waals surface area contributed by atoms with E-state index in [1.54, 1.807) is 0 Å². The quantitative estimate of drug-likeness (QED) is 0.663. The smallest absolute Gasteiger partial charge is 0.0505 e. The van der Waals surface area contributed by atoms with Crippen LogP contribution < -0.4 is 10.6 Å². The first-order valence-electron chi connectivity index (χ1n) is 6.54. The number of benzene rings is 1. The van der Waals surface area contributed by atoms with E-state index in [1.807, 2.05) is 6.07 Å². The molecule has 0 unspecified atom stereocenters. The molecule has 94 valence electrons. The summed E-state index contributed by atoms with van der Waals surface area (Å²) in [6.07, 6.45) is 6.86. The molecule has 0 radical (unpaired) electrons. The Morgan fingerprint density at radius 2 is 2.00 bits per heavy atom. The van der Waals surface area contributed by atoms with E-state index in [0.29, 0.717) is 0 Å². The summed E-state index contributed by atoms with van der Waals surface area (Å²) in [5.74, 6) is 0. The van der Waals surface area contributed by atoms with Gasteiger partial charge in [0.25, 0.3) is 0 Å². The normalized spacial score (nSPS) is 17.1. The summed E-state index contributed by atoms with van der Waals surface area (Å²) in [5.41, 5.74) is 8.04. The molecule has 1 aromatic rings. The van der Waals surface area contributed by atoms with E-state index in [-0.39, 0.29) is 0 Å². The third kappa shape index (κ3) is 3.06. The SMILES string of the molecule is CCN(c1ccc(N)cc1I)C1CCCCC1. The minimum absolute atomic E-state index is 0.728. The summed E-state index contributed by atoms with van der Waals surface area (Å²) in [4.78, 5) is 2.56. The molecule has 0 atom stereocenters. The molecule has 1 aromatic carbocycles. The zero-order valence-corrected chi connectivity index (χ0v) is 12.6. The predicted molar refractivity (Wildman–Crippen MR) is 83.5 cm³/mol. The third-order valence-corrected chi connectivity index (χ3v) is 4.50. The number of hydrogen-bond acceptors (Lipinski definition) is 2. The molecule has 0 aromatic heterocycles. The third-order valence-electron chi connectivity index (χ3n) is 3.64. The number of nitrogens with two attached hydrogens (primary N) is 1. The Labute approximate surface area is 118 Å². The molecule has 0 aliphatic heterocycles. The monoisotopic (exact) mass is 344 g/mol. The second kappa shape index (κ2) is 5.94. The fourth-order valence-electron chi connectivity index (χ4n) is 2.77. The molecular weight excluding hydrogens is 323 g/mol. The molecule has 0 spiro atoms. The lowest BCUT2D eigenvalue weighted by atomic mass is 9.94. The van der Waals surface area contributed by atoms with Gasteiger partial charge in [0.2, 0.25) is 0 Å². The number of hydrogen-bond donors (Lipinski definition) is 1. The Bertz CT molecular complexity index is 372. The van der Waals surface area contributed by atoms with Crippen LogP contribution in [0.1, 0.15) is 39.0 Å². The van der Waals surface area contributed by atoms with Crippen molar-refractivity contribution in [1.29, 1.82) is 0 Å². The molecule has 0 amide bonds. The van der Waals surface area contributed by atoms with E-state index >= 15 is 0 Å². The standard InChI is InChI=1S/C14H21IN2/c1-2-17(12-6-4-3-5-7-12)14-9-8-11(16)10-13(14)15/h8-10,12H,2-7,16H2,1H3. The van der Waals surface area contributed by atoms with E-state index in [0.717, 1.165) is 18.3 Å². The average Bonchev–Trinajstić information content (AvgIpc) is 2.34. The highest BCUT2D eigenvalue weighted by Gasteiger charge is 2.21. The zero-order chi connectivity index (χ0) is 12.3. The van der Waals surface area contributed by atoms with Crippen LogP contribution in [0.4, 0.5) is 11.4 Å². The fraction of sp³-hybridized carbons (Fsp3) is 0.571. The van der Waals surface area contributed by atoms with Gasteiger partial charge in [0, 0.05) is 21.8 Å². The largest absolute Gasteiger partial charge is 0.399 e. The maximum atomic E-state index is 5.82. The van der Waals surface area contributed by atoms with Crippen LogP contribution >= 0.6 is 22.6 Å². The highest BCUT2D eigenvalue weighted by molar-refractivity contribution is 14.1. The molecule has 17 heavy (non-hydrogen) atoms. The zero-order valence-electron chi connectivity index (χ0n) is 10.5. The molecule has 1 aliphatic rings. The molecule has 3 heteroatoms.